The second-order valence-corrected chi connectivity index (χ2v) is 4.53. The number of benzene rings is 1. The summed E-state index contributed by atoms with van der Waals surface area (Å²) < 4.78 is 20.7. The fourth-order valence-electron chi connectivity index (χ4n) is 2.45. The molecule has 3 aromatic rings. The Morgan fingerprint density at radius 1 is 1.45 bits per heavy atom. The van der Waals surface area contributed by atoms with E-state index in [0.717, 1.165) is 6.20 Å². The van der Waals surface area contributed by atoms with Gasteiger partial charge in [0.1, 0.15) is 11.4 Å². The first-order valence-electron chi connectivity index (χ1n) is 5.94. The maximum absolute atomic E-state index is 14.0. The fourth-order valence-corrected chi connectivity index (χ4v) is 2.45. The molecule has 0 atom stereocenters. The normalized spacial score (nSPS) is 11.2. The molecule has 0 aliphatic rings. The van der Waals surface area contributed by atoms with E-state index in [9.17, 15) is 9.18 Å². The lowest BCUT2D eigenvalue weighted by molar-refractivity contribution is 0.0697. The number of hydrogen-bond acceptors (Lipinski definition) is 3. The summed E-state index contributed by atoms with van der Waals surface area (Å²) in [7, 11) is 1.72. The van der Waals surface area contributed by atoms with Gasteiger partial charge in [-0.2, -0.15) is 0 Å². The van der Waals surface area contributed by atoms with Crippen LogP contribution in [0.3, 0.4) is 0 Å². The highest BCUT2D eigenvalue weighted by atomic mass is 19.1. The van der Waals surface area contributed by atoms with Crippen molar-refractivity contribution in [2.24, 2.45) is 7.05 Å². The molecule has 0 saturated carbocycles. The van der Waals surface area contributed by atoms with Crippen molar-refractivity contribution in [1.82, 2.24) is 9.72 Å². The second kappa shape index (κ2) is 4.19. The van der Waals surface area contributed by atoms with Crippen LogP contribution in [0.1, 0.15) is 16.1 Å². The smallest absolute Gasteiger partial charge is 0.341 e. The van der Waals surface area contributed by atoms with Crippen LogP contribution in [0.2, 0.25) is 0 Å². The Hall–Kier alpha value is -2.63. The number of aromatic carboxylic acids is 1. The van der Waals surface area contributed by atoms with Crippen molar-refractivity contribution in [2.75, 3.05) is 0 Å². The van der Waals surface area contributed by atoms with Crippen molar-refractivity contribution in [2.45, 2.75) is 6.92 Å². The van der Waals surface area contributed by atoms with Gasteiger partial charge in [0.15, 0.2) is 5.76 Å². The Balaban J connectivity index is 2.43. The highest BCUT2D eigenvalue weighted by molar-refractivity contribution is 6.02. The number of rotatable bonds is 2. The SMILES string of the molecule is Cc1c(-c2oncc2C(=O)O)c2cccc(F)c2n1C. The molecule has 6 heteroatoms. The van der Waals surface area contributed by atoms with E-state index < -0.39 is 5.97 Å². The molecule has 1 aromatic carbocycles. The van der Waals surface area contributed by atoms with Gasteiger partial charge >= 0.3 is 5.97 Å². The third-order valence-electron chi connectivity index (χ3n) is 3.48. The number of nitrogens with zero attached hydrogens (tertiary/aromatic N) is 2. The standard InChI is InChI=1S/C14H11FN2O3/c1-7-11(13-9(14(18)19)6-16-20-13)8-4-3-5-10(15)12(8)17(7)2/h3-6H,1-2H3,(H,18,19). The molecule has 5 nitrogen and oxygen atoms in total. The first kappa shape index (κ1) is 12.4. The van der Waals surface area contributed by atoms with Crippen LogP contribution in [-0.4, -0.2) is 20.8 Å². The Morgan fingerprint density at radius 3 is 2.90 bits per heavy atom. The van der Waals surface area contributed by atoms with E-state index in [1.807, 2.05) is 0 Å². The van der Waals surface area contributed by atoms with Crippen LogP contribution in [0.5, 0.6) is 0 Å². The van der Waals surface area contributed by atoms with Crippen LogP contribution >= 0.6 is 0 Å². The molecule has 0 amide bonds. The Bertz CT molecular complexity index is 832. The zero-order valence-electron chi connectivity index (χ0n) is 10.8. The van der Waals surface area contributed by atoms with Gasteiger partial charge in [0.2, 0.25) is 0 Å². The van der Waals surface area contributed by atoms with Gasteiger partial charge < -0.3 is 14.2 Å². The predicted molar refractivity (Wildman–Crippen MR) is 70.1 cm³/mol. The summed E-state index contributed by atoms with van der Waals surface area (Å²) in [5.74, 6) is -1.35. The fraction of sp³-hybridized carbons (Fsp3) is 0.143. The van der Waals surface area contributed by atoms with E-state index in [1.165, 1.54) is 6.07 Å². The monoisotopic (exact) mass is 274 g/mol. The number of fused-ring (bicyclic) bond motifs is 1. The first-order valence-corrected chi connectivity index (χ1v) is 5.94. The molecular weight excluding hydrogens is 263 g/mol. The zero-order valence-corrected chi connectivity index (χ0v) is 10.8. The molecule has 102 valence electrons. The first-order chi connectivity index (χ1) is 9.52. The summed E-state index contributed by atoms with van der Waals surface area (Å²) in [4.78, 5) is 11.2. The molecule has 0 fully saturated rings. The average molecular weight is 274 g/mol. The molecule has 1 N–H and O–H groups in total. The van der Waals surface area contributed by atoms with Gasteiger partial charge in [0.25, 0.3) is 0 Å². The minimum absolute atomic E-state index is 0.0372. The number of halogens is 1. The van der Waals surface area contributed by atoms with Crippen LogP contribution in [0.25, 0.3) is 22.2 Å². The quantitative estimate of drug-likeness (QED) is 0.780. The molecule has 0 saturated heterocycles. The molecule has 0 unspecified atom stereocenters. The summed E-state index contributed by atoms with van der Waals surface area (Å²) in [5, 5.41) is 13.3. The van der Waals surface area contributed by atoms with Crippen molar-refractivity contribution in [3.63, 3.8) is 0 Å². The van der Waals surface area contributed by atoms with Crippen molar-refractivity contribution >= 4 is 16.9 Å². The minimum atomic E-state index is -1.13. The number of carboxylic acids is 1. The lowest BCUT2D eigenvalue weighted by Gasteiger charge is -1.99. The summed E-state index contributed by atoms with van der Waals surface area (Å²) in [5.41, 5.74) is 1.64. The summed E-state index contributed by atoms with van der Waals surface area (Å²) in [6, 6.07) is 4.68. The highest BCUT2D eigenvalue weighted by Crippen LogP contribution is 2.36. The average Bonchev–Trinajstić information content (AvgIpc) is 2.95. The third kappa shape index (κ3) is 1.54. The number of carbonyl (C=O) groups is 1. The molecule has 20 heavy (non-hydrogen) atoms. The molecule has 2 heterocycles. The number of carboxylic acid groups (broad SMARTS) is 1. The number of aromatic nitrogens is 2. The lowest BCUT2D eigenvalue weighted by atomic mass is 10.1. The molecule has 0 aliphatic carbocycles. The van der Waals surface area contributed by atoms with Crippen molar-refractivity contribution < 1.29 is 18.8 Å². The van der Waals surface area contributed by atoms with E-state index in [-0.39, 0.29) is 17.1 Å². The Labute approximate surface area is 113 Å². The van der Waals surface area contributed by atoms with E-state index >= 15 is 0 Å². The number of aryl methyl sites for hydroxylation is 1. The van der Waals surface area contributed by atoms with Crippen LogP contribution in [0.4, 0.5) is 4.39 Å². The van der Waals surface area contributed by atoms with Crippen LogP contribution in [-0.2, 0) is 7.05 Å². The Kier molecular flexibility index (Phi) is 2.60. The minimum Gasteiger partial charge on any atom is -0.477 e. The van der Waals surface area contributed by atoms with E-state index in [2.05, 4.69) is 5.16 Å². The van der Waals surface area contributed by atoms with Crippen LogP contribution < -0.4 is 0 Å². The Morgan fingerprint density at radius 2 is 2.20 bits per heavy atom. The molecular formula is C14H11FN2O3. The van der Waals surface area contributed by atoms with Crippen LogP contribution in [0, 0.1) is 12.7 Å². The summed E-state index contributed by atoms with van der Waals surface area (Å²) >= 11 is 0. The molecule has 0 radical (unpaired) electrons. The highest BCUT2D eigenvalue weighted by Gasteiger charge is 2.24. The predicted octanol–water partition coefficient (Wildman–Crippen LogP) is 2.98. The van der Waals surface area contributed by atoms with Gasteiger partial charge in [-0.3, -0.25) is 0 Å². The zero-order chi connectivity index (χ0) is 14.4. The molecule has 0 spiro atoms. The van der Waals surface area contributed by atoms with E-state index in [0.29, 0.717) is 22.2 Å². The largest absolute Gasteiger partial charge is 0.477 e. The summed E-state index contributed by atoms with van der Waals surface area (Å²) in [6.07, 6.45) is 1.15. The van der Waals surface area contributed by atoms with Gasteiger partial charge in [-0.05, 0) is 13.0 Å². The molecule has 0 aliphatic heterocycles. The maximum atomic E-state index is 14.0. The molecule has 2 aromatic heterocycles. The second-order valence-electron chi connectivity index (χ2n) is 4.53. The molecule has 0 bridgehead atoms. The third-order valence-corrected chi connectivity index (χ3v) is 3.48. The summed E-state index contributed by atoms with van der Waals surface area (Å²) in [6.45, 7) is 1.78. The maximum Gasteiger partial charge on any atom is 0.341 e. The van der Waals surface area contributed by atoms with Crippen molar-refractivity contribution in [1.29, 1.82) is 0 Å². The van der Waals surface area contributed by atoms with Crippen LogP contribution in [0.15, 0.2) is 28.9 Å². The number of hydrogen-bond donors (Lipinski definition) is 1. The van der Waals surface area contributed by atoms with Gasteiger partial charge in [0.05, 0.1) is 11.7 Å². The van der Waals surface area contributed by atoms with E-state index in [4.69, 9.17) is 9.63 Å². The number of para-hydroxylation sites is 1. The van der Waals surface area contributed by atoms with Gasteiger partial charge in [-0.1, -0.05) is 17.3 Å². The van der Waals surface area contributed by atoms with Crippen molar-refractivity contribution in [3.8, 4) is 11.3 Å². The van der Waals surface area contributed by atoms with Gasteiger partial charge in [-0.25, -0.2) is 9.18 Å². The van der Waals surface area contributed by atoms with Gasteiger partial charge in [0, 0.05) is 23.7 Å². The van der Waals surface area contributed by atoms with Gasteiger partial charge in [-0.15, -0.1) is 0 Å². The van der Waals surface area contributed by atoms with E-state index in [1.54, 1.807) is 30.7 Å². The lowest BCUT2D eigenvalue weighted by Crippen LogP contribution is -1.97. The topological polar surface area (TPSA) is 68.3 Å². The molecule has 3 rings (SSSR count). The van der Waals surface area contributed by atoms with Crippen molar-refractivity contribution in [3.05, 3.63) is 41.5 Å².